The van der Waals surface area contributed by atoms with E-state index in [2.05, 4.69) is 11.1 Å². The van der Waals surface area contributed by atoms with Crippen molar-refractivity contribution in [3.63, 3.8) is 0 Å². The molecule has 138 valence electrons. The lowest BCUT2D eigenvalue weighted by atomic mass is 9.98. The zero-order valence-electron chi connectivity index (χ0n) is 14.3. The molecular weight excluding hydrogens is 361 g/mol. The van der Waals surface area contributed by atoms with Crippen LogP contribution in [0, 0.1) is 0 Å². The molecule has 0 spiro atoms. The molecule has 0 atom stereocenters. The second kappa shape index (κ2) is 7.61. The lowest BCUT2D eigenvalue weighted by molar-refractivity contribution is -0.137. The van der Waals surface area contributed by atoms with Crippen molar-refractivity contribution in [1.29, 1.82) is 0 Å². The number of halogens is 3. The van der Waals surface area contributed by atoms with Gasteiger partial charge in [-0.15, -0.1) is 11.3 Å². The lowest BCUT2D eigenvalue weighted by Crippen LogP contribution is -2.30. The molecule has 7 heteroatoms. The second-order valence-electron chi connectivity index (χ2n) is 6.11. The number of rotatable bonds is 4. The van der Waals surface area contributed by atoms with Gasteiger partial charge in [0, 0.05) is 17.5 Å². The first-order chi connectivity index (χ1) is 12.4. The van der Waals surface area contributed by atoms with Crippen LogP contribution in [-0.2, 0) is 6.18 Å². The van der Waals surface area contributed by atoms with Crippen molar-refractivity contribution in [2.45, 2.75) is 38.8 Å². The highest BCUT2D eigenvalue weighted by Gasteiger charge is 2.30. The van der Waals surface area contributed by atoms with Crippen molar-refractivity contribution in [3.05, 3.63) is 52.5 Å². The van der Waals surface area contributed by atoms with Crippen LogP contribution in [-0.4, -0.2) is 17.4 Å². The van der Waals surface area contributed by atoms with Crippen LogP contribution in [0.5, 0.6) is 0 Å². The number of amides is 1. The van der Waals surface area contributed by atoms with E-state index < -0.39 is 11.7 Å². The number of alkyl halides is 3. The van der Waals surface area contributed by atoms with Gasteiger partial charge in [-0.2, -0.15) is 13.2 Å². The number of hydrogen-bond donors (Lipinski definition) is 0. The number of nitrogens with zero attached hydrogens (tertiary/aromatic N) is 2. The summed E-state index contributed by atoms with van der Waals surface area (Å²) < 4.78 is 38.0. The van der Waals surface area contributed by atoms with E-state index in [9.17, 15) is 18.0 Å². The number of hydrogen-bond acceptors (Lipinski definition) is 3. The Balaban J connectivity index is 1.81. The Labute approximate surface area is 154 Å². The van der Waals surface area contributed by atoms with Crippen molar-refractivity contribution in [2.75, 3.05) is 11.4 Å². The number of aromatic nitrogens is 1. The largest absolute Gasteiger partial charge is 0.416 e. The molecule has 1 amide bonds. The van der Waals surface area contributed by atoms with Gasteiger partial charge in [0.05, 0.1) is 11.3 Å². The molecule has 1 aromatic carbocycles. The van der Waals surface area contributed by atoms with Crippen LogP contribution < -0.4 is 4.90 Å². The Kier molecular flexibility index (Phi) is 5.46. The molecule has 1 aliphatic rings. The van der Waals surface area contributed by atoms with Crippen LogP contribution in [0.25, 0.3) is 5.57 Å². The van der Waals surface area contributed by atoms with E-state index >= 15 is 0 Å². The first kappa shape index (κ1) is 18.6. The fourth-order valence-corrected chi connectivity index (χ4v) is 3.84. The molecule has 2 aromatic rings. The van der Waals surface area contributed by atoms with Crippen molar-refractivity contribution >= 4 is 27.9 Å². The van der Waals surface area contributed by atoms with E-state index in [1.54, 1.807) is 0 Å². The fraction of sp³-hybridized carbons (Fsp3) is 0.368. The maximum Gasteiger partial charge on any atom is 0.416 e. The van der Waals surface area contributed by atoms with Crippen LogP contribution in [0.4, 0.5) is 18.3 Å². The topological polar surface area (TPSA) is 33.2 Å². The summed E-state index contributed by atoms with van der Waals surface area (Å²) in [6.07, 6.45) is 2.14. The van der Waals surface area contributed by atoms with Gasteiger partial charge in [-0.1, -0.05) is 6.08 Å². The SMILES string of the molecule is CCN(C(=O)c1ccc(C(F)(F)F)cc1)c1nc(C2=CCCCC2)cs1. The number of allylic oxidation sites excluding steroid dienone is 2. The molecule has 3 nitrogen and oxygen atoms in total. The van der Waals surface area contributed by atoms with Gasteiger partial charge >= 0.3 is 6.18 Å². The summed E-state index contributed by atoms with van der Waals surface area (Å²) in [5, 5.41) is 2.51. The van der Waals surface area contributed by atoms with E-state index in [4.69, 9.17) is 0 Å². The molecule has 0 unspecified atom stereocenters. The standard InChI is InChI=1S/C19H19F3N2OS/c1-2-24(17(25)14-8-10-15(11-9-14)19(20,21)22)18-23-16(12-26-18)13-6-4-3-5-7-13/h6,8-12H,2-5,7H2,1H3. The van der Waals surface area contributed by atoms with Gasteiger partial charge in [0.1, 0.15) is 0 Å². The monoisotopic (exact) mass is 380 g/mol. The zero-order valence-corrected chi connectivity index (χ0v) is 15.2. The highest BCUT2D eigenvalue weighted by molar-refractivity contribution is 7.14. The fourth-order valence-electron chi connectivity index (χ4n) is 2.93. The second-order valence-corrected chi connectivity index (χ2v) is 6.95. The van der Waals surface area contributed by atoms with E-state index in [-0.39, 0.29) is 11.5 Å². The predicted molar refractivity (Wildman–Crippen MR) is 97.4 cm³/mol. The quantitative estimate of drug-likeness (QED) is 0.673. The van der Waals surface area contributed by atoms with Crippen LogP contribution >= 0.6 is 11.3 Å². The average Bonchev–Trinajstić information content (AvgIpc) is 3.12. The van der Waals surface area contributed by atoms with Crippen molar-refractivity contribution in [1.82, 2.24) is 4.98 Å². The van der Waals surface area contributed by atoms with Crippen LogP contribution in [0.1, 0.15) is 54.2 Å². The number of thiazole rings is 1. The summed E-state index contributed by atoms with van der Waals surface area (Å²) in [5.74, 6) is -0.347. The Bertz CT molecular complexity index is 809. The average molecular weight is 380 g/mol. The van der Waals surface area contributed by atoms with Gasteiger partial charge in [-0.05, 0) is 62.4 Å². The van der Waals surface area contributed by atoms with Crippen molar-refractivity contribution < 1.29 is 18.0 Å². The van der Waals surface area contributed by atoms with Gasteiger partial charge in [0.2, 0.25) is 0 Å². The Morgan fingerprint density at radius 2 is 1.96 bits per heavy atom. The number of carbonyl (C=O) groups is 1. The van der Waals surface area contributed by atoms with Crippen LogP contribution in [0.2, 0.25) is 0 Å². The van der Waals surface area contributed by atoms with E-state index in [0.29, 0.717) is 11.7 Å². The van der Waals surface area contributed by atoms with Gasteiger partial charge in [0.25, 0.3) is 5.91 Å². The maximum absolute atomic E-state index is 12.7. The molecule has 26 heavy (non-hydrogen) atoms. The molecule has 0 N–H and O–H groups in total. The molecule has 1 aliphatic carbocycles. The molecule has 0 saturated heterocycles. The van der Waals surface area contributed by atoms with E-state index in [0.717, 1.165) is 37.1 Å². The smallest absolute Gasteiger partial charge is 0.284 e. The number of anilines is 1. The summed E-state index contributed by atoms with van der Waals surface area (Å²) in [6.45, 7) is 2.22. The third-order valence-electron chi connectivity index (χ3n) is 4.36. The minimum Gasteiger partial charge on any atom is -0.284 e. The summed E-state index contributed by atoms with van der Waals surface area (Å²) >= 11 is 1.38. The lowest BCUT2D eigenvalue weighted by Gasteiger charge is -2.18. The van der Waals surface area contributed by atoms with Gasteiger partial charge in [-0.25, -0.2) is 4.98 Å². The van der Waals surface area contributed by atoms with Crippen LogP contribution in [0.15, 0.2) is 35.7 Å². The highest BCUT2D eigenvalue weighted by Crippen LogP contribution is 2.32. The number of carbonyl (C=O) groups excluding carboxylic acids is 1. The molecule has 0 bridgehead atoms. The molecule has 0 aliphatic heterocycles. The zero-order chi connectivity index (χ0) is 18.7. The molecule has 0 radical (unpaired) electrons. The maximum atomic E-state index is 12.7. The highest BCUT2D eigenvalue weighted by atomic mass is 32.1. The number of benzene rings is 1. The molecule has 1 aromatic heterocycles. The first-order valence-corrected chi connectivity index (χ1v) is 9.42. The Morgan fingerprint density at radius 1 is 1.23 bits per heavy atom. The van der Waals surface area contributed by atoms with Gasteiger partial charge in [-0.3, -0.25) is 9.69 Å². The molecule has 0 fully saturated rings. The molecule has 3 rings (SSSR count). The first-order valence-electron chi connectivity index (χ1n) is 8.54. The minimum atomic E-state index is -4.41. The summed E-state index contributed by atoms with van der Waals surface area (Å²) in [4.78, 5) is 18.8. The molecule has 0 saturated carbocycles. The van der Waals surface area contributed by atoms with Gasteiger partial charge < -0.3 is 0 Å². The summed E-state index contributed by atoms with van der Waals surface area (Å²) in [5.41, 5.74) is 1.55. The van der Waals surface area contributed by atoms with Crippen LogP contribution in [0.3, 0.4) is 0 Å². The van der Waals surface area contributed by atoms with Crippen molar-refractivity contribution in [3.8, 4) is 0 Å². The van der Waals surface area contributed by atoms with Crippen molar-refractivity contribution in [2.24, 2.45) is 0 Å². The Morgan fingerprint density at radius 3 is 2.54 bits per heavy atom. The molecule has 1 heterocycles. The predicted octanol–water partition coefficient (Wildman–Crippen LogP) is 5.79. The van der Waals surface area contributed by atoms with E-state index in [1.165, 1.54) is 40.4 Å². The summed E-state index contributed by atoms with van der Waals surface area (Å²) in [7, 11) is 0. The molecular formula is C19H19F3N2OS. The normalized spacial score (nSPS) is 14.8. The minimum absolute atomic E-state index is 0.216. The third-order valence-corrected chi connectivity index (χ3v) is 5.23. The van der Waals surface area contributed by atoms with Gasteiger partial charge in [0.15, 0.2) is 5.13 Å². The summed E-state index contributed by atoms with van der Waals surface area (Å²) in [6, 6.07) is 4.29. The third kappa shape index (κ3) is 3.98. The Hall–Kier alpha value is -2.15. The van der Waals surface area contributed by atoms with E-state index in [1.807, 2.05) is 12.3 Å².